The summed E-state index contributed by atoms with van der Waals surface area (Å²) in [6.45, 7) is 3.20. The van der Waals surface area contributed by atoms with Gasteiger partial charge >= 0.3 is 0 Å². The Morgan fingerprint density at radius 3 is 2.89 bits per heavy atom. The zero-order valence-electron chi connectivity index (χ0n) is 11.2. The van der Waals surface area contributed by atoms with Gasteiger partial charge in [0.25, 0.3) is 0 Å². The first-order valence-corrected chi connectivity index (χ1v) is 8.63. The molecule has 1 unspecified atom stereocenters. The average Bonchev–Trinajstić information content (AvgIpc) is 2.82. The van der Waals surface area contributed by atoms with Gasteiger partial charge in [-0.15, -0.1) is 0 Å². The maximum atomic E-state index is 12.8. The first kappa shape index (κ1) is 15.0. The molecule has 4 nitrogen and oxygen atoms in total. The second kappa shape index (κ2) is 5.91. The van der Waals surface area contributed by atoms with E-state index in [0.29, 0.717) is 22.5 Å². The lowest BCUT2D eigenvalue weighted by molar-refractivity contribution is 0.379. The number of hydrogen-bond donors (Lipinski definition) is 1. The van der Waals surface area contributed by atoms with Gasteiger partial charge in [0.15, 0.2) is 0 Å². The second-order valence-corrected chi connectivity index (χ2v) is 7.51. The standard InChI is InChI=1S/C13H19BrN2O2S/c1-10-5-3-7-12(13(10)14)19(17,18)16-8-4-6-11(16)9-15-2/h3,5,7,11,15H,4,6,8-9H2,1-2H3. The normalized spacial score (nSPS) is 20.9. The lowest BCUT2D eigenvalue weighted by Crippen LogP contribution is -2.40. The summed E-state index contributed by atoms with van der Waals surface area (Å²) in [6.07, 6.45) is 1.85. The summed E-state index contributed by atoms with van der Waals surface area (Å²) in [6, 6.07) is 5.41. The van der Waals surface area contributed by atoms with Gasteiger partial charge in [0.05, 0.1) is 4.90 Å². The Hall–Kier alpha value is -0.430. The molecule has 1 atom stereocenters. The number of benzene rings is 1. The number of rotatable bonds is 4. The molecule has 19 heavy (non-hydrogen) atoms. The van der Waals surface area contributed by atoms with Gasteiger partial charge in [-0.3, -0.25) is 0 Å². The SMILES string of the molecule is CNCC1CCCN1S(=O)(=O)c1cccc(C)c1Br. The fraction of sp³-hybridized carbons (Fsp3) is 0.538. The molecule has 0 aromatic heterocycles. The number of likely N-dealkylation sites (N-methyl/N-ethyl adjacent to an activating group) is 1. The molecule has 2 rings (SSSR count). The van der Waals surface area contributed by atoms with Crippen LogP contribution in [-0.2, 0) is 10.0 Å². The predicted molar refractivity (Wildman–Crippen MR) is 79.7 cm³/mol. The van der Waals surface area contributed by atoms with E-state index in [1.165, 1.54) is 0 Å². The van der Waals surface area contributed by atoms with Crippen molar-refractivity contribution in [1.29, 1.82) is 0 Å². The van der Waals surface area contributed by atoms with Gasteiger partial charge in [-0.25, -0.2) is 8.42 Å². The highest BCUT2D eigenvalue weighted by molar-refractivity contribution is 9.10. The molecule has 0 spiro atoms. The molecule has 1 aromatic carbocycles. The van der Waals surface area contributed by atoms with E-state index in [1.807, 2.05) is 20.0 Å². The van der Waals surface area contributed by atoms with Crippen molar-refractivity contribution in [2.24, 2.45) is 0 Å². The highest BCUT2D eigenvalue weighted by atomic mass is 79.9. The van der Waals surface area contributed by atoms with Gasteiger partial charge in [0.1, 0.15) is 0 Å². The predicted octanol–water partition coefficient (Wildman–Crippen LogP) is 2.13. The van der Waals surface area contributed by atoms with E-state index < -0.39 is 10.0 Å². The largest absolute Gasteiger partial charge is 0.318 e. The molecule has 106 valence electrons. The van der Waals surface area contributed by atoms with Crippen molar-refractivity contribution >= 4 is 26.0 Å². The number of nitrogens with one attached hydrogen (secondary N) is 1. The van der Waals surface area contributed by atoms with E-state index in [1.54, 1.807) is 16.4 Å². The summed E-state index contributed by atoms with van der Waals surface area (Å²) in [7, 11) is -1.56. The van der Waals surface area contributed by atoms with E-state index in [4.69, 9.17) is 0 Å². The molecule has 6 heteroatoms. The molecule has 0 radical (unpaired) electrons. The van der Waals surface area contributed by atoms with Crippen molar-refractivity contribution in [3.05, 3.63) is 28.2 Å². The molecule has 1 aliphatic rings. The van der Waals surface area contributed by atoms with Gasteiger partial charge in [0, 0.05) is 23.6 Å². The molecule has 1 saturated heterocycles. The number of aryl methyl sites for hydroxylation is 1. The Balaban J connectivity index is 2.39. The topological polar surface area (TPSA) is 49.4 Å². The van der Waals surface area contributed by atoms with Gasteiger partial charge in [-0.2, -0.15) is 4.31 Å². The Labute approximate surface area is 123 Å². The number of nitrogens with zero attached hydrogens (tertiary/aromatic N) is 1. The summed E-state index contributed by atoms with van der Waals surface area (Å²) >= 11 is 3.40. The molecule has 1 aromatic rings. The van der Waals surface area contributed by atoms with Gasteiger partial charge in [0.2, 0.25) is 10.0 Å². The number of hydrogen-bond acceptors (Lipinski definition) is 3. The third kappa shape index (κ3) is 2.86. The maximum Gasteiger partial charge on any atom is 0.244 e. The van der Waals surface area contributed by atoms with Crippen LogP contribution in [0, 0.1) is 6.92 Å². The van der Waals surface area contributed by atoms with Crippen molar-refractivity contribution < 1.29 is 8.42 Å². The summed E-state index contributed by atoms with van der Waals surface area (Å²) in [5.41, 5.74) is 0.936. The summed E-state index contributed by atoms with van der Waals surface area (Å²) in [5.74, 6) is 0. The van der Waals surface area contributed by atoms with Crippen LogP contribution < -0.4 is 5.32 Å². The van der Waals surface area contributed by atoms with Crippen LogP contribution in [0.2, 0.25) is 0 Å². The van der Waals surface area contributed by atoms with Gasteiger partial charge in [-0.05, 0) is 54.4 Å². The van der Waals surface area contributed by atoms with Crippen molar-refractivity contribution in [3.8, 4) is 0 Å². The van der Waals surface area contributed by atoms with E-state index in [-0.39, 0.29) is 6.04 Å². The van der Waals surface area contributed by atoms with E-state index in [9.17, 15) is 8.42 Å². The highest BCUT2D eigenvalue weighted by Gasteiger charge is 2.35. The Morgan fingerprint density at radius 1 is 1.47 bits per heavy atom. The molecule has 0 amide bonds. The molecule has 0 aliphatic carbocycles. The van der Waals surface area contributed by atoms with Crippen LogP contribution >= 0.6 is 15.9 Å². The smallest absolute Gasteiger partial charge is 0.244 e. The molecule has 1 heterocycles. The quantitative estimate of drug-likeness (QED) is 0.908. The maximum absolute atomic E-state index is 12.8. The minimum absolute atomic E-state index is 0.0578. The third-order valence-corrected chi connectivity index (χ3v) is 6.82. The second-order valence-electron chi connectivity index (χ2n) is 4.86. The Kier molecular flexibility index (Phi) is 4.66. The molecule has 1 aliphatic heterocycles. The van der Waals surface area contributed by atoms with E-state index in [2.05, 4.69) is 21.2 Å². The summed E-state index contributed by atoms with van der Waals surface area (Å²) in [4.78, 5) is 0.371. The fourth-order valence-electron chi connectivity index (χ4n) is 2.51. The summed E-state index contributed by atoms with van der Waals surface area (Å²) in [5, 5.41) is 3.07. The van der Waals surface area contributed by atoms with Gasteiger partial charge < -0.3 is 5.32 Å². The zero-order valence-corrected chi connectivity index (χ0v) is 13.6. The molecule has 0 saturated carbocycles. The number of halogens is 1. The lowest BCUT2D eigenvalue weighted by atomic mass is 10.2. The van der Waals surface area contributed by atoms with E-state index in [0.717, 1.165) is 18.4 Å². The van der Waals surface area contributed by atoms with E-state index >= 15 is 0 Å². The first-order chi connectivity index (χ1) is 8.98. The summed E-state index contributed by atoms with van der Waals surface area (Å²) < 4.78 is 27.8. The molecule has 0 bridgehead atoms. The third-order valence-electron chi connectivity index (χ3n) is 3.51. The molecule has 1 fully saturated rings. The average molecular weight is 347 g/mol. The van der Waals surface area contributed by atoms with Crippen LogP contribution in [0.1, 0.15) is 18.4 Å². The molecular formula is C13H19BrN2O2S. The van der Waals surface area contributed by atoms with Crippen molar-refractivity contribution in [2.45, 2.75) is 30.7 Å². The minimum atomic E-state index is -3.42. The monoisotopic (exact) mass is 346 g/mol. The zero-order chi connectivity index (χ0) is 14.0. The van der Waals surface area contributed by atoms with Crippen LogP contribution in [0.25, 0.3) is 0 Å². The number of sulfonamides is 1. The van der Waals surface area contributed by atoms with Crippen LogP contribution in [-0.4, -0.2) is 38.9 Å². The molecular weight excluding hydrogens is 328 g/mol. The van der Waals surface area contributed by atoms with Crippen molar-refractivity contribution in [1.82, 2.24) is 9.62 Å². The van der Waals surface area contributed by atoms with Gasteiger partial charge in [-0.1, -0.05) is 12.1 Å². The Bertz CT molecular complexity index is 560. The highest BCUT2D eigenvalue weighted by Crippen LogP contribution is 2.31. The lowest BCUT2D eigenvalue weighted by Gasteiger charge is -2.24. The van der Waals surface area contributed by atoms with Crippen LogP contribution in [0.15, 0.2) is 27.6 Å². The molecule has 1 N–H and O–H groups in total. The Morgan fingerprint density at radius 2 is 2.21 bits per heavy atom. The minimum Gasteiger partial charge on any atom is -0.318 e. The van der Waals surface area contributed by atoms with Crippen molar-refractivity contribution in [2.75, 3.05) is 20.1 Å². The van der Waals surface area contributed by atoms with Crippen LogP contribution in [0.4, 0.5) is 0 Å². The fourth-order valence-corrected chi connectivity index (χ4v) is 5.22. The van der Waals surface area contributed by atoms with Crippen molar-refractivity contribution in [3.63, 3.8) is 0 Å². The van der Waals surface area contributed by atoms with Crippen LogP contribution in [0.5, 0.6) is 0 Å². The van der Waals surface area contributed by atoms with Crippen LogP contribution in [0.3, 0.4) is 0 Å². The first-order valence-electron chi connectivity index (χ1n) is 6.40.